The molecule has 2 aliphatic heterocycles. The van der Waals surface area contributed by atoms with Crippen LogP contribution in [0.2, 0.25) is 0 Å². The molecule has 1 amide bonds. The van der Waals surface area contributed by atoms with Crippen LogP contribution in [0, 0.1) is 11.8 Å². The fourth-order valence-corrected chi connectivity index (χ4v) is 2.78. The van der Waals surface area contributed by atoms with Crippen molar-refractivity contribution >= 4 is 5.91 Å². The Morgan fingerprint density at radius 1 is 1.14 bits per heavy atom. The van der Waals surface area contributed by atoms with Crippen LogP contribution >= 0.6 is 0 Å². The molecule has 0 aliphatic carbocycles. The molecule has 2 aliphatic rings. The van der Waals surface area contributed by atoms with Crippen molar-refractivity contribution in [2.45, 2.75) is 20.3 Å². The molecular formula is C11H20N2O. The number of carbonyl (C=O) groups excluding carboxylic acids is 1. The largest absolute Gasteiger partial charge is 0.342 e. The minimum atomic E-state index is 0.336. The summed E-state index contributed by atoms with van der Waals surface area (Å²) in [6, 6.07) is 0. The van der Waals surface area contributed by atoms with Gasteiger partial charge in [-0.3, -0.25) is 4.79 Å². The highest BCUT2D eigenvalue weighted by Crippen LogP contribution is 2.30. The molecular weight excluding hydrogens is 176 g/mol. The summed E-state index contributed by atoms with van der Waals surface area (Å²) in [4.78, 5) is 16.1. The number of rotatable bonds is 2. The Kier molecular flexibility index (Phi) is 2.77. The van der Waals surface area contributed by atoms with Crippen LogP contribution in [0.1, 0.15) is 20.3 Å². The lowest BCUT2D eigenvalue weighted by Gasteiger charge is -2.19. The second kappa shape index (κ2) is 3.89. The summed E-state index contributed by atoms with van der Waals surface area (Å²) >= 11 is 0. The summed E-state index contributed by atoms with van der Waals surface area (Å²) in [6.45, 7) is 9.75. The maximum atomic E-state index is 11.5. The zero-order valence-corrected chi connectivity index (χ0v) is 9.20. The van der Waals surface area contributed by atoms with E-state index in [1.54, 1.807) is 0 Å². The highest BCUT2D eigenvalue weighted by atomic mass is 16.2. The number of amides is 1. The van der Waals surface area contributed by atoms with Crippen molar-refractivity contribution in [1.82, 2.24) is 9.80 Å². The number of fused-ring (bicyclic) bond motifs is 1. The fourth-order valence-electron chi connectivity index (χ4n) is 2.78. The summed E-state index contributed by atoms with van der Waals surface area (Å²) in [7, 11) is 0. The van der Waals surface area contributed by atoms with Gasteiger partial charge in [0.15, 0.2) is 0 Å². The van der Waals surface area contributed by atoms with Crippen LogP contribution in [0.15, 0.2) is 0 Å². The fraction of sp³-hybridized carbons (Fsp3) is 0.909. The number of hydrogen-bond donors (Lipinski definition) is 0. The molecule has 0 saturated carbocycles. The predicted molar refractivity (Wildman–Crippen MR) is 56.0 cm³/mol. The molecule has 0 aromatic carbocycles. The molecule has 2 fully saturated rings. The average Bonchev–Trinajstić information content (AvgIpc) is 2.72. The van der Waals surface area contributed by atoms with E-state index in [1.165, 1.54) is 13.1 Å². The minimum Gasteiger partial charge on any atom is -0.342 e. The maximum absolute atomic E-state index is 11.5. The lowest BCUT2D eigenvalue weighted by Crippen LogP contribution is -2.32. The van der Waals surface area contributed by atoms with Crippen molar-refractivity contribution in [1.29, 1.82) is 0 Å². The Hall–Kier alpha value is -0.570. The van der Waals surface area contributed by atoms with Crippen molar-refractivity contribution in [2.75, 3.05) is 32.7 Å². The van der Waals surface area contributed by atoms with E-state index >= 15 is 0 Å². The van der Waals surface area contributed by atoms with Crippen LogP contribution in [0.3, 0.4) is 0 Å². The van der Waals surface area contributed by atoms with E-state index in [2.05, 4.69) is 16.7 Å². The van der Waals surface area contributed by atoms with E-state index in [0.717, 1.165) is 31.5 Å². The first kappa shape index (κ1) is 9.97. The third-order valence-electron chi connectivity index (χ3n) is 3.66. The summed E-state index contributed by atoms with van der Waals surface area (Å²) in [5.41, 5.74) is 0. The minimum absolute atomic E-state index is 0.336. The molecule has 0 bridgehead atoms. The van der Waals surface area contributed by atoms with E-state index in [-0.39, 0.29) is 0 Å². The molecule has 0 N–H and O–H groups in total. The van der Waals surface area contributed by atoms with Gasteiger partial charge in [0.25, 0.3) is 0 Å². The van der Waals surface area contributed by atoms with Gasteiger partial charge < -0.3 is 9.80 Å². The first-order valence-corrected chi connectivity index (χ1v) is 5.74. The molecule has 3 nitrogen and oxygen atoms in total. The Labute approximate surface area is 86.1 Å². The third kappa shape index (κ3) is 1.65. The lowest BCUT2D eigenvalue weighted by molar-refractivity contribution is -0.130. The SMILES string of the molecule is CCC(=O)N1C[C@H]2CN(CC)C[C@H]2C1. The number of hydrogen-bond acceptors (Lipinski definition) is 2. The van der Waals surface area contributed by atoms with E-state index in [0.29, 0.717) is 12.3 Å². The molecule has 0 aromatic heterocycles. The van der Waals surface area contributed by atoms with Gasteiger partial charge in [0.2, 0.25) is 5.91 Å². The van der Waals surface area contributed by atoms with Gasteiger partial charge in [-0.25, -0.2) is 0 Å². The summed E-state index contributed by atoms with van der Waals surface area (Å²) in [6.07, 6.45) is 0.664. The molecule has 2 heterocycles. The van der Waals surface area contributed by atoms with Crippen LogP contribution in [-0.2, 0) is 4.79 Å². The van der Waals surface area contributed by atoms with Crippen molar-refractivity contribution in [3.8, 4) is 0 Å². The van der Waals surface area contributed by atoms with Gasteiger partial charge in [-0.05, 0) is 18.4 Å². The quantitative estimate of drug-likeness (QED) is 0.652. The topological polar surface area (TPSA) is 23.6 Å². The highest BCUT2D eigenvalue weighted by Gasteiger charge is 2.40. The first-order valence-electron chi connectivity index (χ1n) is 5.74. The van der Waals surface area contributed by atoms with Crippen molar-refractivity contribution in [3.63, 3.8) is 0 Å². The predicted octanol–water partition coefficient (Wildman–Crippen LogP) is 0.806. The summed E-state index contributed by atoms with van der Waals surface area (Å²) < 4.78 is 0. The second-order valence-corrected chi connectivity index (χ2v) is 4.52. The molecule has 0 radical (unpaired) electrons. The molecule has 0 spiro atoms. The van der Waals surface area contributed by atoms with Gasteiger partial charge in [0.05, 0.1) is 0 Å². The second-order valence-electron chi connectivity index (χ2n) is 4.52. The molecule has 80 valence electrons. The Bertz CT molecular complexity index is 215. The molecule has 2 saturated heterocycles. The number of nitrogens with zero attached hydrogens (tertiary/aromatic N) is 2. The smallest absolute Gasteiger partial charge is 0.222 e. The molecule has 0 aromatic rings. The zero-order chi connectivity index (χ0) is 10.1. The van der Waals surface area contributed by atoms with Crippen LogP contribution in [0.25, 0.3) is 0 Å². The van der Waals surface area contributed by atoms with Crippen LogP contribution in [0.4, 0.5) is 0 Å². The van der Waals surface area contributed by atoms with Crippen molar-refractivity contribution in [2.24, 2.45) is 11.8 Å². The van der Waals surface area contributed by atoms with Gasteiger partial charge in [0, 0.05) is 32.6 Å². The lowest BCUT2D eigenvalue weighted by atomic mass is 10.0. The molecule has 2 atom stereocenters. The van der Waals surface area contributed by atoms with Crippen LogP contribution in [-0.4, -0.2) is 48.4 Å². The first-order chi connectivity index (χ1) is 6.74. The molecule has 14 heavy (non-hydrogen) atoms. The van der Waals surface area contributed by atoms with E-state index < -0.39 is 0 Å². The van der Waals surface area contributed by atoms with Gasteiger partial charge in [-0.1, -0.05) is 13.8 Å². The van der Waals surface area contributed by atoms with E-state index in [1.807, 2.05) is 6.92 Å². The number of likely N-dealkylation sites (tertiary alicyclic amines) is 2. The monoisotopic (exact) mass is 196 g/mol. The average molecular weight is 196 g/mol. The normalized spacial score (nSPS) is 32.3. The summed E-state index contributed by atoms with van der Waals surface area (Å²) in [5.74, 6) is 1.85. The van der Waals surface area contributed by atoms with Gasteiger partial charge >= 0.3 is 0 Å². The van der Waals surface area contributed by atoms with Gasteiger partial charge in [0.1, 0.15) is 0 Å². The maximum Gasteiger partial charge on any atom is 0.222 e. The zero-order valence-electron chi connectivity index (χ0n) is 9.20. The molecule has 3 heteroatoms. The van der Waals surface area contributed by atoms with E-state index in [4.69, 9.17) is 0 Å². The Morgan fingerprint density at radius 2 is 1.71 bits per heavy atom. The third-order valence-corrected chi connectivity index (χ3v) is 3.66. The van der Waals surface area contributed by atoms with Gasteiger partial charge in [-0.2, -0.15) is 0 Å². The standard InChI is InChI=1S/C11H20N2O/c1-3-11(14)13-7-9-5-12(4-2)6-10(9)8-13/h9-10H,3-8H2,1-2H3/t9-,10+. The van der Waals surface area contributed by atoms with E-state index in [9.17, 15) is 4.79 Å². The van der Waals surface area contributed by atoms with Crippen molar-refractivity contribution in [3.05, 3.63) is 0 Å². The van der Waals surface area contributed by atoms with Crippen LogP contribution in [0.5, 0.6) is 0 Å². The highest BCUT2D eigenvalue weighted by molar-refractivity contribution is 5.76. The Balaban J connectivity index is 1.90. The van der Waals surface area contributed by atoms with Crippen molar-refractivity contribution < 1.29 is 4.79 Å². The number of carbonyl (C=O) groups is 1. The van der Waals surface area contributed by atoms with Gasteiger partial charge in [-0.15, -0.1) is 0 Å². The summed E-state index contributed by atoms with van der Waals surface area (Å²) in [5, 5.41) is 0. The van der Waals surface area contributed by atoms with Crippen LogP contribution < -0.4 is 0 Å². The Morgan fingerprint density at radius 3 is 2.14 bits per heavy atom. The molecule has 0 unspecified atom stereocenters. The molecule has 2 rings (SSSR count).